The minimum atomic E-state index is -0.147. The first kappa shape index (κ1) is 12.4. The Labute approximate surface area is 110 Å². The van der Waals surface area contributed by atoms with E-state index in [1.54, 1.807) is 42.5 Å². The van der Waals surface area contributed by atoms with E-state index in [0.717, 1.165) is 0 Å². The number of aliphatic hydroxyl groups excluding tert-OH is 1. The predicted octanol–water partition coefficient (Wildman–Crippen LogP) is 3.50. The van der Waals surface area contributed by atoms with E-state index in [9.17, 15) is 5.11 Å². The average molecular weight is 260 g/mol. The van der Waals surface area contributed by atoms with Gasteiger partial charge in [-0.3, -0.25) is 0 Å². The summed E-state index contributed by atoms with van der Waals surface area (Å²) < 4.78 is 5.63. The number of aliphatic hydroxyl groups is 1. The van der Waals surface area contributed by atoms with Crippen molar-refractivity contribution in [2.24, 2.45) is 0 Å². The van der Waals surface area contributed by atoms with E-state index in [0.29, 0.717) is 27.6 Å². The summed E-state index contributed by atoms with van der Waals surface area (Å²) in [5.74, 6) is 1.15. The zero-order valence-electron chi connectivity index (χ0n) is 9.43. The summed E-state index contributed by atoms with van der Waals surface area (Å²) in [5.41, 5.74) is 1.19. The molecule has 2 aromatic rings. The summed E-state index contributed by atoms with van der Waals surface area (Å²) in [7, 11) is 0. The van der Waals surface area contributed by atoms with Crippen LogP contribution in [-0.2, 0) is 6.61 Å². The summed E-state index contributed by atoms with van der Waals surface area (Å²) in [6, 6.07) is 13.8. The lowest BCUT2D eigenvalue weighted by Crippen LogP contribution is -1.91. The average Bonchev–Trinajstić information content (AvgIpc) is 2.41. The van der Waals surface area contributed by atoms with E-state index >= 15 is 0 Å². The van der Waals surface area contributed by atoms with Crippen molar-refractivity contribution in [2.45, 2.75) is 6.61 Å². The number of benzene rings is 2. The maximum Gasteiger partial charge on any atom is 0.133 e. The van der Waals surface area contributed by atoms with Crippen molar-refractivity contribution in [1.82, 2.24) is 0 Å². The SMILES string of the molecule is N#Cc1ccc(Oc2ccc(Cl)cc2CO)cc1. The van der Waals surface area contributed by atoms with Gasteiger partial charge in [0, 0.05) is 10.6 Å². The summed E-state index contributed by atoms with van der Waals surface area (Å²) in [6.45, 7) is -0.147. The first-order chi connectivity index (χ1) is 8.72. The van der Waals surface area contributed by atoms with Crippen LogP contribution in [0.25, 0.3) is 0 Å². The lowest BCUT2D eigenvalue weighted by molar-refractivity contribution is 0.276. The van der Waals surface area contributed by atoms with E-state index in [1.165, 1.54) is 0 Å². The van der Waals surface area contributed by atoms with Crippen molar-refractivity contribution < 1.29 is 9.84 Å². The smallest absolute Gasteiger partial charge is 0.133 e. The highest BCUT2D eigenvalue weighted by Crippen LogP contribution is 2.28. The Hall–Kier alpha value is -2.02. The lowest BCUT2D eigenvalue weighted by Gasteiger charge is -2.10. The quantitative estimate of drug-likeness (QED) is 0.918. The molecular formula is C14H10ClNO2. The second kappa shape index (κ2) is 5.54. The Morgan fingerprint density at radius 2 is 1.89 bits per heavy atom. The molecule has 0 aliphatic rings. The topological polar surface area (TPSA) is 53.2 Å². The molecule has 0 atom stereocenters. The van der Waals surface area contributed by atoms with Crippen LogP contribution >= 0.6 is 11.6 Å². The summed E-state index contributed by atoms with van der Waals surface area (Å²) >= 11 is 5.84. The van der Waals surface area contributed by atoms with Crippen LogP contribution < -0.4 is 4.74 Å². The van der Waals surface area contributed by atoms with Gasteiger partial charge in [-0.15, -0.1) is 0 Å². The maximum absolute atomic E-state index is 9.22. The number of ether oxygens (including phenoxy) is 1. The molecule has 0 bridgehead atoms. The third-order valence-electron chi connectivity index (χ3n) is 2.40. The van der Waals surface area contributed by atoms with Crippen LogP contribution in [0, 0.1) is 11.3 Å². The molecular weight excluding hydrogens is 250 g/mol. The highest BCUT2D eigenvalue weighted by atomic mass is 35.5. The Balaban J connectivity index is 2.25. The molecule has 0 spiro atoms. The van der Waals surface area contributed by atoms with Crippen molar-refractivity contribution in [3.63, 3.8) is 0 Å². The monoisotopic (exact) mass is 259 g/mol. The molecule has 3 nitrogen and oxygen atoms in total. The lowest BCUT2D eigenvalue weighted by atomic mass is 10.2. The molecule has 2 aromatic carbocycles. The molecule has 0 aromatic heterocycles. The second-order valence-corrected chi connectivity index (χ2v) is 4.08. The largest absolute Gasteiger partial charge is 0.457 e. The third-order valence-corrected chi connectivity index (χ3v) is 2.64. The zero-order chi connectivity index (χ0) is 13.0. The molecule has 0 unspecified atom stereocenters. The number of hydrogen-bond donors (Lipinski definition) is 1. The van der Waals surface area contributed by atoms with Crippen LogP contribution in [0.4, 0.5) is 0 Å². The van der Waals surface area contributed by atoms with E-state index in [2.05, 4.69) is 0 Å². The number of nitriles is 1. The van der Waals surface area contributed by atoms with Crippen LogP contribution in [0.5, 0.6) is 11.5 Å². The number of halogens is 1. The fourth-order valence-electron chi connectivity index (χ4n) is 1.50. The molecule has 0 amide bonds. The Morgan fingerprint density at radius 3 is 2.50 bits per heavy atom. The normalized spacial score (nSPS) is 9.83. The molecule has 0 aliphatic carbocycles. The van der Waals surface area contributed by atoms with E-state index in [-0.39, 0.29) is 6.61 Å². The first-order valence-corrected chi connectivity index (χ1v) is 5.68. The Kier molecular flexibility index (Phi) is 3.83. The van der Waals surface area contributed by atoms with Crippen molar-refractivity contribution in [3.8, 4) is 17.6 Å². The number of hydrogen-bond acceptors (Lipinski definition) is 3. The van der Waals surface area contributed by atoms with Crippen LogP contribution in [0.15, 0.2) is 42.5 Å². The van der Waals surface area contributed by atoms with Crippen LogP contribution in [0.2, 0.25) is 5.02 Å². The van der Waals surface area contributed by atoms with Gasteiger partial charge in [-0.25, -0.2) is 0 Å². The molecule has 4 heteroatoms. The number of nitrogens with zero attached hydrogens (tertiary/aromatic N) is 1. The van der Waals surface area contributed by atoms with Gasteiger partial charge < -0.3 is 9.84 Å². The van der Waals surface area contributed by atoms with Gasteiger partial charge in [0.05, 0.1) is 18.2 Å². The van der Waals surface area contributed by atoms with Gasteiger partial charge in [0.25, 0.3) is 0 Å². The molecule has 0 aliphatic heterocycles. The van der Waals surface area contributed by atoms with Crippen LogP contribution in [0.1, 0.15) is 11.1 Å². The first-order valence-electron chi connectivity index (χ1n) is 5.30. The standard InChI is InChI=1S/C14H10ClNO2/c15-12-3-6-14(11(7-12)9-17)18-13-4-1-10(8-16)2-5-13/h1-7,17H,9H2. The third kappa shape index (κ3) is 2.80. The predicted molar refractivity (Wildman–Crippen MR) is 68.6 cm³/mol. The highest BCUT2D eigenvalue weighted by Gasteiger charge is 2.05. The van der Waals surface area contributed by atoms with Gasteiger partial charge in [-0.2, -0.15) is 5.26 Å². The van der Waals surface area contributed by atoms with Gasteiger partial charge in [0.1, 0.15) is 11.5 Å². The molecule has 0 heterocycles. The summed E-state index contributed by atoms with van der Waals surface area (Å²) in [4.78, 5) is 0. The maximum atomic E-state index is 9.22. The van der Waals surface area contributed by atoms with Crippen molar-refractivity contribution in [3.05, 3.63) is 58.6 Å². The van der Waals surface area contributed by atoms with Crippen molar-refractivity contribution in [2.75, 3.05) is 0 Å². The second-order valence-electron chi connectivity index (χ2n) is 3.65. The zero-order valence-corrected chi connectivity index (χ0v) is 10.2. The van der Waals surface area contributed by atoms with Gasteiger partial charge in [0.2, 0.25) is 0 Å². The van der Waals surface area contributed by atoms with Gasteiger partial charge >= 0.3 is 0 Å². The van der Waals surface area contributed by atoms with E-state index in [4.69, 9.17) is 21.6 Å². The minimum absolute atomic E-state index is 0.147. The fraction of sp³-hybridized carbons (Fsp3) is 0.0714. The molecule has 0 saturated carbocycles. The molecule has 0 saturated heterocycles. The fourth-order valence-corrected chi connectivity index (χ4v) is 1.69. The van der Waals surface area contributed by atoms with Crippen LogP contribution in [-0.4, -0.2) is 5.11 Å². The molecule has 0 fully saturated rings. The molecule has 18 heavy (non-hydrogen) atoms. The van der Waals surface area contributed by atoms with Gasteiger partial charge in [0.15, 0.2) is 0 Å². The van der Waals surface area contributed by atoms with Crippen molar-refractivity contribution >= 4 is 11.6 Å². The Bertz CT molecular complexity index is 588. The minimum Gasteiger partial charge on any atom is -0.457 e. The van der Waals surface area contributed by atoms with Crippen molar-refractivity contribution in [1.29, 1.82) is 5.26 Å². The molecule has 2 rings (SSSR count). The summed E-state index contributed by atoms with van der Waals surface area (Å²) in [5, 5.41) is 18.5. The molecule has 1 N–H and O–H groups in total. The highest BCUT2D eigenvalue weighted by molar-refractivity contribution is 6.30. The van der Waals surface area contributed by atoms with Crippen LogP contribution in [0.3, 0.4) is 0 Å². The van der Waals surface area contributed by atoms with Gasteiger partial charge in [-0.1, -0.05) is 11.6 Å². The number of rotatable bonds is 3. The van der Waals surface area contributed by atoms with Gasteiger partial charge in [-0.05, 0) is 42.5 Å². The van der Waals surface area contributed by atoms with E-state index < -0.39 is 0 Å². The Morgan fingerprint density at radius 1 is 1.17 bits per heavy atom. The summed E-state index contributed by atoms with van der Waals surface area (Å²) in [6.07, 6.45) is 0. The van der Waals surface area contributed by atoms with E-state index in [1.807, 2.05) is 6.07 Å². The molecule has 90 valence electrons. The molecule has 0 radical (unpaired) electrons.